The van der Waals surface area contributed by atoms with Crippen LogP contribution in [0.4, 0.5) is 4.39 Å². The van der Waals surface area contributed by atoms with Crippen LogP contribution < -0.4 is 4.74 Å². The molecule has 0 aliphatic carbocycles. The van der Waals surface area contributed by atoms with Crippen molar-refractivity contribution in [1.29, 1.82) is 0 Å². The molecule has 0 spiro atoms. The zero-order valence-electron chi connectivity index (χ0n) is 9.86. The monoisotopic (exact) mass is 242 g/mol. The van der Waals surface area contributed by atoms with E-state index in [1.165, 1.54) is 25.3 Å². The first-order chi connectivity index (χ1) is 8.17. The van der Waals surface area contributed by atoms with Crippen molar-refractivity contribution < 1.29 is 23.4 Å². The normalized spacial score (nSPS) is 10.1. The second-order valence-corrected chi connectivity index (χ2v) is 3.28. The van der Waals surface area contributed by atoms with Crippen LogP contribution in [-0.4, -0.2) is 26.5 Å². The number of hydrogen-bond donors (Lipinski definition) is 0. The Kier molecular flexibility index (Phi) is 5.42. The molecule has 0 saturated carbocycles. The first kappa shape index (κ1) is 13.4. The van der Waals surface area contributed by atoms with E-state index in [0.29, 0.717) is 17.9 Å². The summed E-state index contributed by atoms with van der Waals surface area (Å²) in [4.78, 5) is 11.3. The SMILES string of the molecule is CCOC(=O)Cc1cc(F)ccc1OCOC. The van der Waals surface area contributed by atoms with Crippen LogP contribution in [-0.2, 0) is 20.7 Å². The van der Waals surface area contributed by atoms with E-state index in [1.807, 2.05) is 0 Å². The van der Waals surface area contributed by atoms with E-state index in [4.69, 9.17) is 14.2 Å². The maximum absolute atomic E-state index is 13.1. The average molecular weight is 242 g/mol. The van der Waals surface area contributed by atoms with Gasteiger partial charge < -0.3 is 14.2 Å². The molecule has 0 atom stereocenters. The lowest BCUT2D eigenvalue weighted by molar-refractivity contribution is -0.142. The van der Waals surface area contributed by atoms with E-state index >= 15 is 0 Å². The summed E-state index contributed by atoms with van der Waals surface area (Å²) in [5.41, 5.74) is 0.445. The van der Waals surface area contributed by atoms with E-state index < -0.39 is 11.8 Å². The molecule has 0 heterocycles. The van der Waals surface area contributed by atoms with Gasteiger partial charge in [0.25, 0.3) is 0 Å². The third kappa shape index (κ3) is 4.40. The Morgan fingerprint density at radius 3 is 2.82 bits per heavy atom. The van der Waals surface area contributed by atoms with E-state index in [0.717, 1.165) is 0 Å². The molecule has 5 heteroatoms. The zero-order valence-corrected chi connectivity index (χ0v) is 9.86. The molecule has 0 aliphatic heterocycles. The van der Waals surface area contributed by atoms with Crippen LogP contribution in [0.2, 0.25) is 0 Å². The average Bonchev–Trinajstić information content (AvgIpc) is 2.28. The minimum atomic E-state index is -0.422. The van der Waals surface area contributed by atoms with E-state index in [-0.39, 0.29) is 13.2 Å². The molecular weight excluding hydrogens is 227 g/mol. The Bertz CT molecular complexity index is 379. The topological polar surface area (TPSA) is 44.8 Å². The number of esters is 1. The van der Waals surface area contributed by atoms with Gasteiger partial charge in [-0.05, 0) is 25.1 Å². The molecule has 0 aromatic heterocycles. The smallest absolute Gasteiger partial charge is 0.310 e. The fraction of sp³-hybridized carbons (Fsp3) is 0.417. The lowest BCUT2D eigenvalue weighted by atomic mass is 10.1. The Hall–Kier alpha value is -1.62. The van der Waals surface area contributed by atoms with Gasteiger partial charge in [0, 0.05) is 12.7 Å². The van der Waals surface area contributed by atoms with Crippen LogP contribution in [0.3, 0.4) is 0 Å². The number of halogens is 1. The lowest BCUT2D eigenvalue weighted by Gasteiger charge is -2.10. The number of ether oxygens (including phenoxy) is 3. The predicted molar refractivity (Wildman–Crippen MR) is 59.2 cm³/mol. The summed E-state index contributed by atoms with van der Waals surface area (Å²) in [5.74, 6) is -0.421. The summed E-state index contributed by atoms with van der Waals surface area (Å²) in [6.07, 6.45) is -0.0232. The van der Waals surface area contributed by atoms with E-state index in [1.54, 1.807) is 6.92 Å². The number of rotatable bonds is 6. The first-order valence-electron chi connectivity index (χ1n) is 5.23. The minimum Gasteiger partial charge on any atom is -0.467 e. The molecule has 0 unspecified atom stereocenters. The van der Waals surface area contributed by atoms with E-state index in [9.17, 15) is 9.18 Å². The lowest BCUT2D eigenvalue weighted by Crippen LogP contribution is -2.10. The maximum Gasteiger partial charge on any atom is 0.310 e. The van der Waals surface area contributed by atoms with Crippen molar-refractivity contribution in [2.75, 3.05) is 20.5 Å². The van der Waals surface area contributed by atoms with Gasteiger partial charge in [0.15, 0.2) is 6.79 Å². The highest BCUT2D eigenvalue weighted by Gasteiger charge is 2.11. The van der Waals surface area contributed by atoms with Gasteiger partial charge in [-0.3, -0.25) is 4.79 Å². The van der Waals surface area contributed by atoms with Gasteiger partial charge in [-0.2, -0.15) is 0 Å². The summed E-state index contributed by atoms with van der Waals surface area (Å²) in [7, 11) is 1.48. The molecule has 4 nitrogen and oxygen atoms in total. The van der Waals surface area contributed by atoms with Crippen LogP contribution in [0.25, 0.3) is 0 Å². The van der Waals surface area contributed by atoms with Crippen molar-refractivity contribution in [1.82, 2.24) is 0 Å². The van der Waals surface area contributed by atoms with Crippen LogP contribution in [0.1, 0.15) is 12.5 Å². The van der Waals surface area contributed by atoms with Crippen molar-refractivity contribution in [2.24, 2.45) is 0 Å². The number of benzene rings is 1. The fourth-order valence-corrected chi connectivity index (χ4v) is 1.32. The fourth-order valence-electron chi connectivity index (χ4n) is 1.32. The summed E-state index contributed by atoms with van der Waals surface area (Å²) >= 11 is 0. The third-order valence-corrected chi connectivity index (χ3v) is 1.99. The molecule has 0 radical (unpaired) electrons. The number of carbonyl (C=O) groups excluding carboxylic acids is 1. The molecule has 0 fully saturated rings. The Balaban J connectivity index is 2.79. The molecule has 1 rings (SSSR count). The predicted octanol–water partition coefficient (Wildman–Crippen LogP) is 1.91. The molecule has 0 amide bonds. The second kappa shape index (κ2) is 6.85. The number of methoxy groups -OCH3 is 1. The molecule has 0 saturated heterocycles. The van der Waals surface area contributed by atoms with Crippen molar-refractivity contribution in [2.45, 2.75) is 13.3 Å². The quantitative estimate of drug-likeness (QED) is 0.564. The van der Waals surface area contributed by atoms with Crippen LogP contribution in [0, 0.1) is 5.82 Å². The molecular formula is C12H15FO4. The maximum atomic E-state index is 13.1. The van der Waals surface area contributed by atoms with Gasteiger partial charge in [-0.25, -0.2) is 4.39 Å². The van der Waals surface area contributed by atoms with Gasteiger partial charge in [-0.15, -0.1) is 0 Å². The molecule has 17 heavy (non-hydrogen) atoms. The standard InChI is InChI=1S/C12H15FO4/c1-3-16-12(14)7-9-6-10(13)4-5-11(9)17-8-15-2/h4-6H,3,7-8H2,1-2H3. The highest BCUT2D eigenvalue weighted by molar-refractivity contribution is 5.73. The minimum absolute atomic E-state index is 0.0232. The largest absolute Gasteiger partial charge is 0.467 e. The molecule has 0 N–H and O–H groups in total. The van der Waals surface area contributed by atoms with E-state index in [2.05, 4.69) is 0 Å². The highest BCUT2D eigenvalue weighted by atomic mass is 19.1. The van der Waals surface area contributed by atoms with Gasteiger partial charge >= 0.3 is 5.97 Å². The highest BCUT2D eigenvalue weighted by Crippen LogP contribution is 2.20. The number of carbonyl (C=O) groups is 1. The summed E-state index contributed by atoms with van der Waals surface area (Å²) in [6, 6.07) is 3.98. The third-order valence-electron chi connectivity index (χ3n) is 1.99. The molecule has 1 aromatic rings. The van der Waals surface area contributed by atoms with Gasteiger partial charge in [0.2, 0.25) is 0 Å². The molecule has 94 valence electrons. The van der Waals surface area contributed by atoms with Gasteiger partial charge in [0.05, 0.1) is 13.0 Å². The molecule has 1 aromatic carbocycles. The van der Waals surface area contributed by atoms with Crippen molar-refractivity contribution in [3.63, 3.8) is 0 Å². The summed E-state index contributed by atoms with van der Waals surface area (Å²) in [6.45, 7) is 2.05. The molecule has 0 aliphatic rings. The number of hydrogen-bond acceptors (Lipinski definition) is 4. The van der Waals surface area contributed by atoms with Gasteiger partial charge in [-0.1, -0.05) is 0 Å². The Labute approximate surface area is 99.3 Å². The second-order valence-electron chi connectivity index (χ2n) is 3.28. The van der Waals surface area contributed by atoms with Crippen molar-refractivity contribution in [3.05, 3.63) is 29.6 Å². The van der Waals surface area contributed by atoms with Crippen molar-refractivity contribution >= 4 is 5.97 Å². The molecule has 0 bridgehead atoms. The van der Waals surface area contributed by atoms with Gasteiger partial charge in [0.1, 0.15) is 11.6 Å². The van der Waals surface area contributed by atoms with Crippen LogP contribution >= 0.6 is 0 Å². The first-order valence-corrected chi connectivity index (χ1v) is 5.23. The summed E-state index contributed by atoms with van der Waals surface area (Å²) in [5, 5.41) is 0. The van der Waals surface area contributed by atoms with Crippen molar-refractivity contribution in [3.8, 4) is 5.75 Å². The summed E-state index contributed by atoms with van der Waals surface area (Å²) < 4.78 is 27.8. The Morgan fingerprint density at radius 2 is 2.18 bits per heavy atom. The zero-order chi connectivity index (χ0) is 12.7. The van der Waals surface area contributed by atoms with Crippen LogP contribution in [0.15, 0.2) is 18.2 Å². The van der Waals surface area contributed by atoms with Crippen LogP contribution in [0.5, 0.6) is 5.75 Å². The Morgan fingerprint density at radius 1 is 1.41 bits per heavy atom.